The molecule has 3 N–H and O–H groups in total. The van der Waals surface area contributed by atoms with Gasteiger partial charge in [0.25, 0.3) is 0 Å². The highest BCUT2D eigenvalue weighted by molar-refractivity contribution is 7.80. The van der Waals surface area contributed by atoms with Gasteiger partial charge in [0.2, 0.25) is 5.91 Å². The van der Waals surface area contributed by atoms with E-state index in [4.69, 9.17) is 12.2 Å². The van der Waals surface area contributed by atoms with Crippen LogP contribution in [0.1, 0.15) is 19.8 Å². The first-order chi connectivity index (χ1) is 6.20. The molecule has 0 aliphatic rings. The van der Waals surface area contributed by atoms with Crippen LogP contribution in [-0.4, -0.2) is 31.2 Å². The summed E-state index contributed by atoms with van der Waals surface area (Å²) >= 11 is 4.95. The Bertz CT molecular complexity index is 173. The Hall–Kier alpha value is -0.840. The van der Waals surface area contributed by atoms with Crippen molar-refractivity contribution in [2.45, 2.75) is 19.8 Å². The van der Waals surface area contributed by atoms with E-state index in [1.807, 2.05) is 0 Å². The summed E-state index contributed by atoms with van der Waals surface area (Å²) in [6, 6.07) is 0. The summed E-state index contributed by atoms with van der Waals surface area (Å²) in [5.41, 5.74) is 0. The molecule has 0 fully saturated rings. The van der Waals surface area contributed by atoms with E-state index in [-0.39, 0.29) is 5.91 Å². The van der Waals surface area contributed by atoms with E-state index in [0.29, 0.717) is 18.1 Å². The second-order valence-corrected chi connectivity index (χ2v) is 3.01. The Kier molecular flexibility index (Phi) is 7.29. The fourth-order valence-corrected chi connectivity index (χ4v) is 0.920. The summed E-state index contributed by atoms with van der Waals surface area (Å²) in [5.74, 6) is 0.0193. The van der Waals surface area contributed by atoms with E-state index in [9.17, 15) is 4.79 Å². The number of rotatable bonds is 5. The van der Waals surface area contributed by atoms with Gasteiger partial charge in [0, 0.05) is 26.6 Å². The van der Waals surface area contributed by atoms with Gasteiger partial charge in [-0.3, -0.25) is 4.79 Å². The molecule has 0 bridgehead atoms. The molecule has 0 unspecified atom stereocenters. The molecule has 1 amide bonds. The Morgan fingerprint density at radius 1 is 1.31 bits per heavy atom. The third kappa shape index (κ3) is 7.52. The van der Waals surface area contributed by atoms with Crippen molar-refractivity contribution in [2.75, 3.05) is 20.1 Å². The average molecular weight is 203 g/mol. The number of carbonyl (C=O) groups is 1. The summed E-state index contributed by atoms with van der Waals surface area (Å²) < 4.78 is 0. The second-order valence-electron chi connectivity index (χ2n) is 2.61. The number of hydrogen-bond acceptors (Lipinski definition) is 2. The zero-order valence-electron chi connectivity index (χ0n) is 8.14. The lowest BCUT2D eigenvalue weighted by Crippen LogP contribution is -2.37. The lowest BCUT2D eigenvalue weighted by molar-refractivity contribution is -0.120. The highest BCUT2D eigenvalue weighted by Crippen LogP contribution is 1.77. The van der Waals surface area contributed by atoms with Crippen molar-refractivity contribution in [3.63, 3.8) is 0 Å². The predicted molar refractivity (Wildman–Crippen MR) is 57.6 cm³/mol. The van der Waals surface area contributed by atoms with Gasteiger partial charge in [-0.2, -0.15) is 0 Å². The third-order valence-electron chi connectivity index (χ3n) is 1.45. The maximum atomic E-state index is 10.8. The molecule has 0 aromatic heterocycles. The largest absolute Gasteiger partial charge is 0.363 e. The maximum absolute atomic E-state index is 10.8. The first kappa shape index (κ1) is 12.2. The molecule has 13 heavy (non-hydrogen) atoms. The average Bonchev–Trinajstić information content (AvgIpc) is 2.14. The molecular weight excluding hydrogens is 186 g/mol. The number of nitrogens with one attached hydrogen (secondary N) is 3. The third-order valence-corrected chi connectivity index (χ3v) is 1.74. The number of carbonyl (C=O) groups excluding carboxylic acids is 1. The molecule has 0 aliphatic heterocycles. The van der Waals surface area contributed by atoms with E-state index in [0.717, 1.165) is 13.0 Å². The molecule has 0 aromatic carbocycles. The van der Waals surface area contributed by atoms with E-state index in [2.05, 4.69) is 22.9 Å². The van der Waals surface area contributed by atoms with Gasteiger partial charge in [-0.1, -0.05) is 6.92 Å². The fourth-order valence-electron chi connectivity index (χ4n) is 0.716. The predicted octanol–water partition coefficient (Wildman–Crippen LogP) is -0.00340. The molecule has 76 valence electrons. The van der Waals surface area contributed by atoms with Crippen LogP contribution >= 0.6 is 12.2 Å². The molecule has 0 heterocycles. The normalized spacial score (nSPS) is 9.08. The minimum absolute atomic E-state index is 0.0193. The molecule has 5 heteroatoms. The zero-order chi connectivity index (χ0) is 10.1. The molecule has 0 saturated heterocycles. The van der Waals surface area contributed by atoms with Crippen LogP contribution in [0.3, 0.4) is 0 Å². The quantitative estimate of drug-likeness (QED) is 0.550. The van der Waals surface area contributed by atoms with Gasteiger partial charge in [-0.15, -0.1) is 0 Å². The summed E-state index contributed by atoms with van der Waals surface area (Å²) in [6.07, 6.45) is 1.49. The van der Waals surface area contributed by atoms with Crippen molar-refractivity contribution in [1.29, 1.82) is 0 Å². The van der Waals surface area contributed by atoms with Crippen LogP contribution in [0.25, 0.3) is 0 Å². The van der Waals surface area contributed by atoms with Crippen LogP contribution in [0.4, 0.5) is 0 Å². The number of thiocarbonyl (C=S) groups is 1. The molecular formula is C8H17N3OS. The Morgan fingerprint density at radius 2 is 1.92 bits per heavy atom. The lowest BCUT2D eigenvalue weighted by atomic mass is 10.4. The Balaban J connectivity index is 3.31. The van der Waals surface area contributed by atoms with Gasteiger partial charge in [0.05, 0.1) is 0 Å². The summed E-state index contributed by atoms with van der Waals surface area (Å²) in [6.45, 7) is 3.52. The fraction of sp³-hybridized carbons (Fsp3) is 0.750. The molecule has 0 saturated carbocycles. The summed E-state index contributed by atoms with van der Waals surface area (Å²) in [5, 5.41) is 9.11. The molecule has 0 spiro atoms. The van der Waals surface area contributed by atoms with Crippen LogP contribution < -0.4 is 16.0 Å². The molecule has 0 atom stereocenters. The number of amides is 1. The topological polar surface area (TPSA) is 53.2 Å². The SMILES string of the molecule is CCCNC(=S)NCCC(=O)NC. The van der Waals surface area contributed by atoms with Crippen LogP contribution in [0, 0.1) is 0 Å². The zero-order valence-corrected chi connectivity index (χ0v) is 8.96. The molecule has 0 aromatic rings. The van der Waals surface area contributed by atoms with Crippen molar-refractivity contribution in [1.82, 2.24) is 16.0 Å². The smallest absolute Gasteiger partial charge is 0.221 e. The first-order valence-corrected chi connectivity index (χ1v) is 4.83. The molecule has 4 nitrogen and oxygen atoms in total. The molecule has 0 aliphatic carbocycles. The van der Waals surface area contributed by atoms with Crippen LogP contribution in [0.2, 0.25) is 0 Å². The van der Waals surface area contributed by atoms with Crippen molar-refractivity contribution in [2.24, 2.45) is 0 Å². The van der Waals surface area contributed by atoms with Gasteiger partial charge in [-0.25, -0.2) is 0 Å². The van der Waals surface area contributed by atoms with Gasteiger partial charge in [0.1, 0.15) is 0 Å². The highest BCUT2D eigenvalue weighted by atomic mass is 32.1. The van der Waals surface area contributed by atoms with Crippen molar-refractivity contribution >= 4 is 23.2 Å². The minimum Gasteiger partial charge on any atom is -0.363 e. The maximum Gasteiger partial charge on any atom is 0.221 e. The lowest BCUT2D eigenvalue weighted by Gasteiger charge is -2.08. The van der Waals surface area contributed by atoms with Crippen LogP contribution in [0.5, 0.6) is 0 Å². The first-order valence-electron chi connectivity index (χ1n) is 4.43. The van der Waals surface area contributed by atoms with E-state index < -0.39 is 0 Å². The van der Waals surface area contributed by atoms with Crippen molar-refractivity contribution in [3.05, 3.63) is 0 Å². The van der Waals surface area contributed by atoms with Gasteiger partial charge >= 0.3 is 0 Å². The van der Waals surface area contributed by atoms with E-state index in [1.165, 1.54) is 0 Å². The highest BCUT2D eigenvalue weighted by Gasteiger charge is 1.97. The van der Waals surface area contributed by atoms with Crippen molar-refractivity contribution in [3.8, 4) is 0 Å². The van der Waals surface area contributed by atoms with Crippen LogP contribution in [-0.2, 0) is 4.79 Å². The Labute approximate surface area is 84.5 Å². The van der Waals surface area contributed by atoms with Gasteiger partial charge in [0.15, 0.2) is 5.11 Å². The van der Waals surface area contributed by atoms with E-state index >= 15 is 0 Å². The van der Waals surface area contributed by atoms with Gasteiger partial charge < -0.3 is 16.0 Å². The summed E-state index contributed by atoms with van der Waals surface area (Å²) in [4.78, 5) is 10.8. The second kappa shape index (κ2) is 7.79. The van der Waals surface area contributed by atoms with Crippen molar-refractivity contribution < 1.29 is 4.79 Å². The molecule has 0 radical (unpaired) electrons. The standard InChI is InChI=1S/C8H17N3OS/c1-3-5-10-8(13)11-6-4-7(12)9-2/h3-6H2,1-2H3,(H,9,12)(H2,10,11,13). The Morgan fingerprint density at radius 3 is 2.46 bits per heavy atom. The summed E-state index contributed by atoms with van der Waals surface area (Å²) in [7, 11) is 1.62. The van der Waals surface area contributed by atoms with E-state index in [1.54, 1.807) is 7.05 Å². The van der Waals surface area contributed by atoms with Gasteiger partial charge in [-0.05, 0) is 18.6 Å². The monoisotopic (exact) mass is 203 g/mol. The molecule has 0 rings (SSSR count). The number of hydrogen-bond donors (Lipinski definition) is 3. The van der Waals surface area contributed by atoms with Crippen LogP contribution in [0.15, 0.2) is 0 Å². The minimum atomic E-state index is 0.0193.